The first-order valence-electron chi connectivity index (χ1n) is 6.72. The smallest absolute Gasteiger partial charge is 0.331 e. The molecular formula is C12H20N4O3. The number of aliphatic carboxylic acids is 1. The maximum Gasteiger partial charge on any atom is 0.331 e. The second-order valence-electron chi connectivity index (χ2n) is 5.01. The van der Waals surface area contributed by atoms with Crippen LogP contribution in [0.5, 0.6) is 0 Å². The zero-order valence-electron chi connectivity index (χ0n) is 11.5. The van der Waals surface area contributed by atoms with Crippen LogP contribution in [0.15, 0.2) is 0 Å². The Morgan fingerprint density at radius 3 is 2.63 bits per heavy atom. The molecule has 19 heavy (non-hydrogen) atoms. The summed E-state index contributed by atoms with van der Waals surface area (Å²) in [6.07, 6.45) is 2.58. The van der Waals surface area contributed by atoms with Crippen LogP contribution in [0.4, 0.5) is 0 Å². The first-order chi connectivity index (χ1) is 9.05. The highest BCUT2D eigenvalue weighted by Gasteiger charge is 2.42. The highest BCUT2D eigenvalue weighted by Crippen LogP contribution is 2.34. The number of carboxylic acids is 1. The monoisotopic (exact) mass is 268 g/mol. The lowest BCUT2D eigenvalue weighted by atomic mass is 9.93. The van der Waals surface area contributed by atoms with Gasteiger partial charge in [0.05, 0.1) is 6.10 Å². The molecule has 1 aliphatic heterocycles. The van der Waals surface area contributed by atoms with E-state index in [0.29, 0.717) is 18.7 Å². The summed E-state index contributed by atoms with van der Waals surface area (Å²) >= 11 is 0. The lowest BCUT2D eigenvalue weighted by molar-refractivity contribution is -0.149. The Kier molecular flexibility index (Phi) is 3.84. The topological polar surface area (TPSA) is 90.1 Å². The molecule has 1 fully saturated rings. The predicted molar refractivity (Wildman–Crippen MR) is 66.5 cm³/mol. The van der Waals surface area contributed by atoms with E-state index in [-0.39, 0.29) is 12.2 Å². The van der Waals surface area contributed by atoms with Crippen LogP contribution >= 0.6 is 0 Å². The van der Waals surface area contributed by atoms with E-state index < -0.39 is 11.5 Å². The second kappa shape index (κ2) is 5.24. The number of nitrogens with zero attached hydrogens (tertiary/aromatic N) is 4. The summed E-state index contributed by atoms with van der Waals surface area (Å²) in [6.45, 7) is 5.67. The second-order valence-corrected chi connectivity index (χ2v) is 5.01. The molecule has 2 heterocycles. The van der Waals surface area contributed by atoms with Crippen molar-refractivity contribution in [2.75, 3.05) is 0 Å². The van der Waals surface area contributed by atoms with Gasteiger partial charge in [0.1, 0.15) is 6.10 Å². The lowest BCUT2D eigenvalue weighted by Crippen LogP contribution is -2.43. The standard InChI is InChI=1S/C12H20N4O3/c1-4-12(5-2,11(17)18)16-10(13-14-15-16)9-7-6-8(3)19-9/h8-9H,4-7H2,1-3H3,(H,17,18). The average Bonchev–Trinajstić information content (AvgIpc) is 3.00. The maximum atomic E-state index is 11.7. The average molecular weight is 268 g/mol. The van der Waals surface area contributed by atoms with E-state index in [1.165, 1.54) is 4.68 Å². The van der Waals surface area contributed by atoms with E-state index in [1.807, 2.05) is 20.8 Å². The fourth-order valence-corrected chi connectivity index (χ4v) is 2.63. The molecule has 0 spiro atoms. The number of hydrogen-bond acceptors (Lipinski definition) is 5. The minimum absolute atomic E-state index is 0.164. The van der Waals surface area contributed by atoms with E-state index >= 15 is 0 Å². The minimum atomic E-state index is -1.09. The molecule has 7 nitrogen and oxygen atoms in total. The quantitative estimate of drug-likeness (QED) is 0.870. The van der Waals surface area contributed by atoms with Crippen LogP contribution in [0.1, 0.15) is 58.4 Å². The lowest BCUT2D eigenvalue weighted by Gasteiger charge is -2.28. The highest BCUT2D eigenvalue weighted by molar-refractivity contribution is 5.76. The molecule has 1 N–H and O–H groups in total. The fraction of sp³-hybridized carbons (Fsp3) is 0.833. The van der Waals surface area contributed by atoms with Gasteiger partial charge in [0.15, 0.2) is 11.4 Å². The number of ether oxygens (including phenoxy) is 1. The van der Waals surface area contributed by atoms with Gasteiger partial charge in [-0.1, -0.05) is 13.8 Å². The van der Waals surface area contributed by atoms with Crippen LogP contribution in [-0.4, -0.2) is 37.4 Å². The molecule has 106 valence electrons. The van der Waals surface area contributed by atoms with E-state index in [0.717, 1.165) is 12.8 Å². The summed E-state index contributed by atoms with van der Waals surface area (Å²) in [6, 6.07) is 0. The molecule has 2 unspecified atom stereocenters. The van der Waals surface area contributed by atoms with Crippen molar-refractivity contribution in [3.63, 3.8) is 0 Å². The van der Waals surface area contributed by atoms with Crippen LogP contribution in [-0.2, 0) is 15.1 Å². The predicted octanol–water partition coefficient (Wildman–Crippen LogP) is 1.51. The third kappa shape index (κ3) is 2.22. The number of tetrazole rings is 1. The van der Waals surface area contributed by atoms with E-state index in [4.69, 9.17) is 4.74 Å². The van der Waals surface area contributed by atoms with Gasteiger partial charge in [0.25, 0.3) is 0 Å². The van der Waals surface area contributed by atoms with Crippen LogP contribution in [0.25, 0.3) is 0 Å². The number of carboxylic acid groups (broad SMARTS) is 1. The molecule has 1 saturated heterocycles. The first-order valence-corrected chi connectivity index (χ1v) is 6.72. The molecule has 0 radical (unpaired) electrons. The van der Waals surface area contributed by atoms with Crippen molar-refractivity contribution in [3.8, 4) is 0 Å². The summed E-state index contributed by atoms with van der Waals surface area (Å²) < 4.78 is 7.20. The molecule has 0 saturated carbocycles. The SMILES string of the molecule is CCC(CC)(C(=O)O)n1nnnc1C1CCC(C)O1. The Hall–Kier alpha value is -1.50. The van der Waals surface area contributed by atoms with E-state index in [9.17, 15) is 9.90 Å². The molecule has 1 aliphatic rings. The number of rotatable bonds is 5. The van der Waals surface area contributed by atoms with Crippen LogP contribution in [0.2, 0.25) is 0 Å². The van der Waals surface area contributed by atoms with Gasteiger partial charge >= 0.3 is 5.97 Å². The number of carbonyl (C=O) groups is 1. The Morgan fingerprint density at radius 1 is 1.47 bits per heavy atom. The Labute approximate surface area is 111 Å². The molecule has 2 rings (SSSR count). The van der Waals surface area contributed by atoms with E-state index in [2.05, 4.69) is 15.5 Å². The third-order valence-electron chi connectivity index (χ3n) is 3.99. The summed E-state index contributed by atoms with van der Waals surface area (Å²) in [5.74, 6) is -0.382. The van der Waals surface area contributed by atoms with Crippen molar-refractivity contribution in [3.05, 3.63) is 5.82 Å². The van der Waals surface area contributed by atoms with Crippen molar-refractivity contribution < 1.29 is 14.6 Å². The fourth-order valence-electron chi connectivity index (χ4n) is 2.63. The highest BCUT2D eigenvalue weighted by atomic mass is 16.5. The van der Waals surface area contributed by atoms with Crippen LogP contribution < -0.4 is 0 Å². The molecule has 0 aliphatic carbocycles. The maximum absolute atomic E-state index is 11.7. The molecular weight excluding hydrogens is 248 g/mol. The van der Waals surface area contributed by atoms with Gasteiger partial charge in [0, 0.05) is 0 Å². The van der Waals surface area contributed by atoms with Crippen LogP contribution in [0, 0.1) is 0 Å². The Balaban J connectivity index is 2.40. The van der Waals surface area contributed by atoms with Crippen molar-refractivity contribution >= 4 is 5.97 Å². The molecule has 0 aromatic carbocycles. The molecule has 1 aromatic rings. The third-order valence-corrected chi connectivity index (χ3v) is 3.99. The zero-order valence-corrected chi connectivity index (χ0v) is 11.5. The molecule has 1 aromatic heterocycles. The van der Waals surface area contributed by atoms with Gasteiger partial charge in [-0.2, -0.15) is 0 Å². The largest absolute Gasteiger partial charge is 0.479 e. The summed E-state index contributed by atoms with van der Waals surface area (Å²) in [5.41, 5.74) is -1.09. The molecule has 2 atom stereocenters. The van der Waals surface area contributed by atoms with Gasteiger partial charge in [-0.05, 0) is 43.0 Å². The molecule has 7 heteroatoms. The van der Waals surface area contributed by atoms with Crippen LogP contribution in [0.3, 0.4) is 0 Å². The first kappa shape index (κ1) is 13.9. The summed E-state index contributed by atoms with van der Waals surface area (Å²) in [7, 11) is 0. The van der Waals surface area contributed by atoms with Crippen molar-refractivity contribution in [1.82, 2.24) is 20.2 Å². The number of aromatic nitrogens is 4. The van der Waals surface area contributed by atoms with Crippen molar-refractivity contribution in [2.24, 2.45) is 0 Å². The molecule has 0 bridgehead atoms. The zero-order chi connectivity index (χ0) is 14.0. The van der Waals surface area contributed by atoms with Crippen molar-refractivity contribution in [1.29, 1.82) is 0 Å². The van der Waals surface area contributed by atoms with Crippen molar-refractivity contribution in [2.45, 2.75) is 64.2 Å². The van der Waals surface area contributed by atoms with Gasteiger partial charge in [0.2, 0.25) is 0 Å². The Morgan fingerprint density at radius 2 is 2.16 bits per heavy atom. The Bertz CT molecular complexity index is 456. The van der Waals surface area contributed by atoms with E-state index in [1.54, 1.807) is 0 Å². The molecule has 0 amide bonds. The van der Waals surface area contributed by atoms with Gasteiger partial charge in [-0.25, -0.2) is 9.48 Å². The minimum Gasteiger partial charge on any atom is -0.479 e. The normalized spacial score (nSPS) is 23.7. The van der Waals surface area contributed by atoms with Gasteiger partial charge in [-0.3, -0.25) is 0 Å². The van der Waals surface area contributed by atoms with Gasteiger partial charge < -0.3 is 9.84 Å². The summed E-state index contributed by atoms with van der Waals surface area (Å²) in [4.78, 5) is 11.7. The number of hydrogen-bond donors (Lipinski definition) is 1. The summed E-state index contributed by atoms with van der Waals surface area (Å²) in [5, 5.41) is 21.1. The van der Waals surface area contributed by atoms with Gasteiger partial charge in [-0.15, -0.1) is 5.10 Å².